The Morgan fingerprint density at radius 2 is 1.94 bits per heavy atom. The van der Waals surface area contributed by atoms with Crippen molar-refractivity contribution in [3.8, 4) is 11.3 Å². The summed E-state index contributed by atoms with van der Waals surface area (Å²) in [6, 6.07) is 19.7. The number of fused-ring (bicyclic) bond motifs is 1. The summed E-state index contributed by atoms with van der Waals surface area (Å²) in [5.74, 6) is 0.293. The molecule has 0 N–H and O–H groups in total. The van der Waals surface area contributed by atoms with Gasteiger partial charge in [0.05, 0.1) is 16.9 Å². The zero-order valence-corrected chi connectivity index (χ0v) is 19.0. The third-order valence-corrected chi connectivity index (χ3v) is 6.53. The molecule has 32 heavy (non-hydrogen) atoms. The Bertz CT molecular complexity index is 1310. The first-order chi connectivity index (χ1) is 15.5. The Hall–Kier alpha value is -3.18. The lowest BCUT2D eigenvalue weighted by atomic mass is 9.93. The summed E-state index contributed by atoms with van der Waals surface area (Å²) < 4.78 is 1.86. The molecular weight excluding hydrogens is 420 g/mol. The summed E-state index contributed by atoms with van der Waals surface area (Å²) in [7, 11) is 1.93. The van der Waals surface area contributed by atoms with Crippen LogP contribution in [0.5, 0.6) is 0 Å². The molecule has 162 valence electrons. The molecule has 0 spiro atoms. The highest BCUT2D eigenvalue weighted by molar-refractivity contribution is 6.30. The zero-order chi connectivity index (χ0) is 22.2. The number of pyridine rings is 1. The quantitative estimate of drug-likeness (QED) is 0.412. The molecule has 1 fully saturated rings. The number of rotatable bonds is 3. The van der Waals surface area contributed by atoms with Crippen LogP contribution >= 0.6 is 11.6 Å². The number of aryl methyl sites for hydroxylation is 2. The topological polar surface area (TPSA) is 51.0 Å². The van der Waals surface area contributed by atoms with E-state index in [0.29, 0.717) is 11.6 Å². The molecule has 0 unspecified atom stereocenters. The molecule has 1 saturated heterocycles. The second kappa shape index (κ2) is 8.40. The molecule has 1 aliphatic rings. The number of carbonyl (C=O) groups excluding carboxylic acids is 1. The highest BCUT2D eigenvalue weighted by Crippen LogP contribution is 2.29. The number of nitrogens with zero attached hydrogens (tertiary/aromatic N) is 4. The number of amides is 1. The van der Waals surface area contributed by atoms with E-state index in [1.165, 1.54) is 0 Å². The first kappa shape index (κ1) is 20.7. The molecule has 3 heterocycles. The minimum atomic E-state index is 0.0749. The number of carbonyl (C=O) groups is 1. The molecule has 5 nitrogen and oxygen atoms in total. The maximum absolute atomic E-state index is 13.3. The van der Waals surface area contributed by atoms with Crippen molar-refractivity contribution in [1.82, 2.24) is 19.7 Å². The third-order valence-electron chi connectivity index (χ3n) is 6.30. The van der Waals surface area contributed by atoms with E-state index in [1.807, 2.05) is 78.2 Å². The molecule has 1 aliphatic heterocycles. The number of likely N-dealkylation sites (tertiary alicyclic amines) is 1. The van der Waals surface area contributed by atoms with E-state index in [4.69, 9.17) is 16.6 Å². The van der Waals surface area contributed by atoms with Crippen LogP contribution in [0, 0.1) is 6.92 Å². The molecule has 0 saturated carbocycles. The average molecular weight is 445 g/mol. The van der Waals surface area contributed by atoms with Gasteiger partial charge in [-0.05, 0) is 62.2 Å². The SMILES string of the molecule is Cc1nn(C)c2ccc(C(=O)N3CCC[C@H](c4cccc(-c5cccc(Cl)c5)n4)C3)cc12. The standard InChI is InChI=1S/C26H25ClN4O/c1-17-22-15-19(11-12-25(22)30(2)29-17)26(32)31-13-5-7-20(16-31)24-10-4-9-23(28-24)18-6-3-8-21(27)14-18/h3-4,6,8-12,14-15,20H,5,7,13,16H2,1-2H3/t20-/m0/s1. The van der Waals surface area contributed by atoms with E-state index in [2.05, 4.69) is 11.2 Å². The van der Waals surface area contributed by atoms with Gasteiger partial charge in [-0.1, -0.05) is 29.8 Å². The Balaban J connectivity index is 1.38. The first-order valence-electron chi connectivity index (χ1n) is 10.9. The van der Waals surface area contributed by atoms with Gasteiger partial charge in [0, 0.05) is 53.3 Å². The summed E-state index contributed by atoms with van der Waals surface area (Å²) in [4.78, 5) is 20.2. The van der Waals surface area contributed by atoms with Crippen LogP contribution in [0.2, 0.25) is 5.02 Å². The number of hydrogen-bond acceptors (Lipinski definition) is 3. The molecule has 1 atom stereocenters. The van der Waals surface area contributed by atoms with E-state index >= 15 is 0 Å². The molecule has 0 radical (unpaired) electrons. The largest absolute Gasteiger partial charge is 0.338 e. The molecule has 2 aromatic heterocycles. The van der Waals surface area contributed by atoms with Crippen LogP contribution in [0.3, 0.4) is 0 Å². The summed E-state index contributed by atoms with van der Waals surface area (Å²) in [6.45, 7) is 3.42. The van der Waals surface area contributed by atoms with E-state index in [0.717, 1.165) is 58.5 Å². The normalized spacial score (nSPS) is 16.5. The van der Waals surface area contributed by atoms with Gasteiger partial charge < -0.3 is 4.90 Å². The fraction of sp³-hybridized carbons (Fsp3) is 0.269. The van der Waals surface area contributed by atoms with Crippen LogP contribution in [0.15, 0.2) is 60.7 Å². The van der Waals surface area contributed by atoms with Gasteiger partial charge in [0.1, 0.15) is 0 Å². The summed E-state index contributed by atoms with van der Waals surface area (Å²) in [6.07, 6.45) is 1.99. The predicted octanol–water partition coefficient (Wildman–Crippen LogP) is 5.62. The fourth-order valence-corrected chi connectivity index (χ4v) is 4.84. The van der Waals surface area contributed by atoms with Crippen molar-refractivity contribution in [1.29, 1.82) is 0 Å². The van der Waals surface area contributed by atoms with Crippen molar-refractivity contribution in [2.24, 2.45) is 7.05 Å². The monoisotopic (exact) mass is 444 g/mol. The Kier molecular flexibility index (Phi) is 5.43. The molecule has 2 aromatic carbocycles. The maximum Gasteiger partial charge on any atom is 0.253 e. The third kappa shape index (κ3) is 3.89. The number of piperidine rings is 1. The molecule has 0 bridgehead atoms. The summed E-state index contributed by atoms with van der Waals surface area (Å²) >= 11 is 6.17. The smallest absolute Gasteiger partial charge is 0.253 e. The van der Waals surface area contributed by atoms with Crippen LogP contribution < -0.4 is 0 Å². The Morgan fingerprint density at radius 1 is 1.09 bits per heavy atom. The Labute approximate surface area is 192 Å². The van der Waals surface area contributed by atoms with Crippen molar-refractivity contribution in [3.05, 3.63) is 82.6 Å². The highest BCUT2D eigenvalue weighted by atomic mass is 35.5. The van der Waals surface area contributed by atoms with Crippen molar-refractivity contribution < 1.29 is 4.79 Å². The lowest BCUT2D eigenvalue weighted by Gasteiger charge is -2.32. The van der Waals surface area contributed by atoms with Crippen LogP contribution in [0.4, 0.5) is 0 Å². The van der Waals surface area contributed by atoms with Crippen molar-refractivity contribution in [2.75, 3.05) is 13.1 Å². The second-order valence-corrected chi connectivity index (χ2v) is 8.93. The molecule has 5 rings (SSSR count). The van der Waals surface area contributed by atoms with E-state index in [9.17, 15) is 4.79 Å². The van der Waals surface area contributed by atoms with Gasteiger partial charge in [-0.25, -0.2) is 0 Å². The van der Waals surface area contributed by atoms with Crippen molar-refractivity contribution >= 4 is 28.4 Å². The number of hydrogen-bond donors (Lipinski definition) is 0. The van der Waals surface area contributed by atoms with Gasteiger partial charge in [-0.3, -0.25) is 14.5 Å². The van der Waals surface area contributed by atoms with Crippen LogP contribution in [-0.4, -0.2) is 38.7 Å². The van der Waals surface area contributed by atoms with Crippen molar-refractivity contribution in [3.63, 3.8) is 0 Å². The summed E-state index contributed by atoms with van der Waals surface area (Å²) in [5.41, 5.74) is 5.64. The fourth-order valence-electron chi connectivity index (χ4n) is 4.65. The van der Waals surface area contributed by atoms with Gasteiger partial charge in [-0.2, -0.15) is 5.10 Å². The first-order valence-corrected chi connectivity index (χ1v) is 11.3. The van der Waals surface area contributed by atoms with Gasteiger partial charge >= 0.3 is 0 Å². The van der Waals surface area contributed by atoms with Crippen LogP contribution in [0.25, 0.3) is 22.2 Å². The number of benzene rings is 2. The minimum absolute atomic E-state index is 0.0749. The molecule has 0 aliphatic carbocycles. The molecular formula is C26H25ClN4O. The number of aromatic nitrogens is 3. The molecule has 1 amide bonds. The van der Waals surface area contributed by atoms with Gasteiger partial charge in [-0.15, -0.1) is 0 Å². The van der Waals surface area contributed by atoms with Gasteiger partial charge in [0.15, 0.2) is 0 Å². The van der Waals surface area contributed by atoms with Crippen LogP contribution in [0.1, 0.15) is 40.5 Å². The van der Waals surface area contributed by atoms with Crippen LogP contribution in [-0.2, 0) is 7.05 Å². The molecule has 4 aromatic rings. The maximum atomic E-state index is 13.3. The van der Waals surface area contributed by atoms with Gasteiger partial charge in [0.25, 0.3) is 5.91 Å². The number of halogens is 1. The highest BCUT2D eigenvalue weighted by Gasteiger charge is 2.27. The predicted molar refractivity (Wildman–Crippen MR) is 128 cm³/mol. The van der Waals surface area contributed by atoms with Crippen molar-refractivity contribution in [2.45, 2.75) is 25.7 Å². The lowest BCUT2D eigenvalue weighted by Crippen LogP contribution is -2.39. The Morgan fingerprint density at radius 3 is 2.78 bits per heavy atom. The average Bonchev–Trinajstić information content (AvgIpc) is 3.11. The zero-order valence-electron chi connectivity index (χ0n) is 18.3. The van der Waals surface area contributed by atoms with E-state index in [1.54, 1.807) is 0 Å². The second-order valence-electron chi connectivity index (χ2n) is 8.49. The summed E-state index contributed by atoms with van der Waals surface area (Å²) in [5, 5.41) is 6.20. The molecule has 6 heteroatoms. The van der Waals surface area contributed by atoms with Gasteiger partial charge in [0.2, 0.25) is 0 Å². The van der Waals surface area contributed by atoms with E-state index < -0.39 is 0 Å². The lowest BCUT2D eigenvalue weighted by molar-refractivity contribution is 0.0706. The minimum Gasteiger partial charge on any atom is -0.338 e. The van der Waals surface area contributed by atoms with E-state index in [-0.39, 0.29) is 11.8 Å².